The number of H-pyrrole nitrogens is 1. The lowest BCUT2D eigenvalue weighted by atomic mass is 9.97. The zero-order chi connectivity index (χ0) is 16.9. The first-order valence-electron chi connectivity index (χ1n) is 8.21. The second kappa shape index (κ2) is 8.13. The highest BCUT2D eigenvalue weighted by atomic mass is 32.2. The predicted octanol–water partition coefficient (Wildman–Crippen LogP) is 1.43. The number of rotatable bonds is 7. The summed E-state index contributed by atoms with van der Waals surface area (Å²) in [5.41, 5.74) is 1.17. The van der Waals surface area contributed by atoms with E-state index in [-0.39, 0.29) is 11.5 Å². The molecule has 130 valence electrons. The molecule has 0 radical (unpaired) electrons. The van der Waals surface area contributed by atoms with E-state index in [0.29, 0.717) is 23.9 Å². The number of likely N-dealkylation sites (N-methyl/N-ethyl adjacent to an activating group) is 1. The summed E-state index contributed by atoms with van der Waals surface area (Å²) >= 11 is 3.12. The van der Waals surface area contributed by atoms with Gasteiger partial charge in [0.25, 0.3) is 5.56 Å². The number of aromatic amines is 1. The molecule has 3 N–H and O–H groups in total. The molecule has 2 aromatic heterocycles. The van der Waals surface area contributed by atoms with Crippen molar-refractivity contribution in [3.63, 3.8) is 0 Å². The van der Waals surface area contributed by atoms with Crippen LogP contribution < -0.4 is 16.2 Å². The molecule has 0 unspecified atom stereocenters. The number of thiophene rings is 1. The predicted molar refractivity (Wildman–Crippen MR) is 100.0 cm³/mol. The van der Waals surface area contributed by atoms with Crippen molar-refractivity contribution in [3.05, 3.63) is 26.6 Å². The Labute approximate surface area is 148 Å². The van der Waals surface area contributed by atoms with Gasteiger partial charge >= 0.3 is 0 Å². The minimum atomic E-state index is -0.0338. The molecule has 24 heavy (non-hydrogen) atoms. The zero-order valence-corrected chi connectivity index (χ0v) is 15.4. The number of aryl methyl sites for hydroxylation is 2. The Morgan fingerprint density at radius 1 is 1.33 bits per heavy atom. The molecule has 1 amide bonds. The Hall–Kier alpha value is -1.38. The van der Waals surface area contributed by atoms with Crippen molar-refractivity contribution in [3.8, 4) is 0 Å². The third-order valence-corrected chi connectivity index (χ3v) is 6.17. The lowest BCUT2D eigenvalue weighted by Crippen LogP contribution is -2.31. The maximum Gasteiger partial charge on any atom is 0.259 e. The normalized spacial score (nSPS) is 13.9. The van der Waals surface area contributed by atoms with Crippen LogP contribution in [0.1, 0.15) is 29.1 Å². The van der Waals surface area contributed by atoms with E-state index in [1.54, 1.807) is 11.3 Å². The van der Waals surface area contributed by atoms with Crippen molar-refractivity contribution in [1.29, 1.82) is 0 Å². The van der Waals surface area contributed by atoms with Gasteiger partial charge in [-0.3, -0.25) is 9.59 Å². The lowest BCUT2D eigenvalue weighted by Gasteiger charge is -2.09. The molecule has 0 spiro atoms. The van der Waals surface area contributed by atoms with Crippen molar-refractivity contribution >= 4 is 39.2 Å². The molecule has 6 nitrogen and oxygen atoms in total. The van der Waals surface area contributed by atoms with Crippen LogP contribution in [0.5, 0.6) is 0 Å². The summed E-state index contributed by atoms with van der Waals surface area (Å²) in [5, 5.41) is 6.60. The molecule has 0 saturated heterocycles. The Bertz CT molecular complexity index is 784. The van der Waals surface area contributed by atoms with Crippen molar-refractivity contribution in [2.24, 2.45) is 0 Å². The van der Waals surface area contributed by atoms with Gasteiger partial charge in [-0.2, -0.15) is 0 Å². The van der Waals surface area contributed by atoms with Crippen LogP contribution in [0.2, 0.25) is 0 Å². The quantitative estimate of drug-likeness (QED) is 0.646. The smallest absolute Gasteiger partial charge is 0.259 e. The SMILES string of the molecule is CNCCNC(=O)CSCc1nc2sc3c(c2c(=O)[nH]1)CCCC3. The summed E-state index contributed by atoms with van der Waals surface area (Å²) in [5.74, 6) is 1.56. The third kappa shape index (κ3) is 3.99. The van der Waals surface area contributed by atoms with E-state index in [0.717, 1.165) is 36.0 Å². The van der Waals surface area contributed by atoms with Crippen LogP contribution in [-0.4, -0.2) is 41.8 Å². The molecule has 0 atom stereocenters. The van der Waals surface area contributed by atoms with Crippen molar-refractivity contribution in [1.82, 2.24) is 20.6 Å². The van der Waals surface area contributed by atoms with E-state index < -0.39 is 0 Å². The van der Waals surface area contributed by atoms with Gasteiger partial charge in [0.05, 0.1) is 16.9 Å². The highest BCUT2D eigenvalue weighted by molar-refractivity contribution is 7.99. The second-order valence-corrected chi connectivity index (χ2v) is 7.92. The molecule has 8 heteroatoms. The summed E-state index contributed by atoms with van der Waals surface area (Å²) in [6.45, 7) is 1.38. The van der Waals surface area contributed by atoms with Gasteiger partial charge in [-0.1, -0.05) is 0 Å². The molecule has 1 aliphatic carbocycles. The summed E-state index contributed by atoms with van der Waals surface area (Å²) in [4.78, 5) is 33.8. The maximum absolute atomic E-state index is 12.4. The van der Waals surface area contributed by atoms with Gasteiger partial charge in [0.1, 0.15) is 10.7 Å². The molecule has 0 saturated carbocycles. The highest BCUT2D eigenvalue weighted by Crippen LogP contribution is 2.33. The van der Waals surface area contributed by atoms with Gasteiger partial charge in [0.2, 0.25) is 5.91 Å². The van der Waals surface area contributed by atoms with Crippen molar-refractivity contribution in [2.45, 2.75) is 31.4 Å². The number of nitrogens with one attached hydrogen (secondary N) is 3. The van der Waals surface area contributed by atoms with Crippen LogP contribution in [-0.2, 0) is 23.4 Å². The van der Waals surface area contributed by atoms with Crippen LogP contribution in [0.3, 0.4) is 0 Å². The minimum Gasteiger partial charge on any atom is -0.354 e. The van der Waals surface area contributed by atoms with E-state index in [1.165, 1.54) is 28.6 Å². The fraction of sp³-hybridized carbons (Fsp3) is 0.562. The first kappa shape index (κ1) is 17.4. The van der Waals surface area contributed by atoms with E-state index in [9.17, 15) is 9.59 Å². The first-order valence-corrected chi connectivity index (χ1v) is 10.2. The van der Waals surface area contributed by atoms with Crippen molar-refractivity contribution in [2.75, 3.05) is 25.9 Å². The molecule has 0 aromatic carbocycles. The molecular formula is C16H22N4O2S2. The fourth-order valence-corrected chi connectivity index (χ4v) is 4.90. The molecule has 2 heterocycles. The van der Waals surface area contributed by atoms with Crippen LogP contribution in [0, 0.1) is 0 Å². The molecule has 0 fully saturated rings. The molecule has 0 bridgehead atoms. The number of hydrogen-bond acceptors (Lipinski definition) is 6. The van der Waals surface area contributed by atoms with Gasteiger partial charge in [-0.05, 0) is 38.3 Å². The number of aromatic nitrogens is 2. The zero-order valence-electron chi connectivity index (χ0n) is 13.7. The fourth-order valence-electron chi connectivity index (χ4n) is 2.90. The van der Waals surface area contributed by atoms with Crippen LogP contribution in [0.15, 0.2) is 4.79 Å². The second-order valence-electron chi connectivity index (χ2n) is 5.85. The van der Waals surface area contributed by atoms with E-state index in [1.807, 2.05) is 7.05 Å². The third-order valence-electron chi connectivity index (χ3n) is 4.04. The number of thioether (sulfide) groups is 1. The summed E-state index contributed by atoms with van der Waals surface area (Å²) in [6, 6.07) is 0. The van der Waals surface area contributed by atoms with Gasteiger partial charge in [-0.15, -0.1) is 23.1 Å². The lowest BCUT2D eigenvalue weighted by molar-refractivity contribution is -0.118. The molecule has 0 aliphatic heterocycles. The summed E-state index contributed by atoms with van der Waals surface area (Å²) < 4.78 is 0. The molecule has 2 aromatic rings. The maximum atomic E-state index is 12.4. The van der Waals surface area contributed by atoms with Gasteiger partial charge < -0.3 is 15.6 Å². The average Bonchev–Trinajstić information content (AvgIpc) is 2.94. The van der Waals surface area contributed by atoms with E-state index in [2.05, 4.69) is 20.6 Å². The first-order chi connectivity index (χ1) is 11.7. The Morgan fingerprint density at radius 2 is 2.17 bits per heavy atom. The molecule has 3 rings (SSSR count). The van der Waals surface area contributed by atoms with Crippen LogP contribution in [0.25, 0.3) is 10.2 Å². The average molecular weight is 367 g/mol. The van der Waals surface area contributed by atoms with E-state index >= 15 is 0 Å². The van der Waals surface area contributed by atoms with Gasteiger partial charge in [-0.25, -0.2) is 4.98 Å². The van der Waals surface area contributed by atoms with Gasteiger partial charge in [0, 0.05) is 18.0 Å². The number of hydrogen-bond donors (Lipinski definition) is 3. The monoisotopic (exact) mass is 366 g/mol. The molecule has 1 aliphatic rings. The van der Waals surface area contributed by atoms with Crippen LogP contribution >= 0.6 is 23.1 Å². The summed E-state index contributed by atoms with van der Waals surface area (Å²) in [6.07, 6.45) is 4.40. The van der Waals surface area contributed by atoms with Gasteiger partial charge in [0.15, 0.2) is 0 Å². The standard InChI is InChI=1S/C16H22N4O2S2/c1-17-6-7-18-13(21)9-23-8-12-19-15(22)14-10-4-2-3-5-11(10)24-16(14)20-12/h17H,2-9H2,1H3,(H,18,21)(H,19,20,22). The minimum absolute atomic E-state index is 0.00487. The summed E-state index contributed by atoms with van der Waals surface area (Å²) in [7, 11) is 1.85. The Kier molecular flexibility index (Phi) is 5.91. The number of carbonyl (C=O) groups excluding carboxylic acids is 1. The number of fused-ring (bicyclic) bond motifs is 3. The van der Waals surface area contributed by atoms with Crippen molar-refractivity contribution < 1.29 is 4.79 Å². The van der Waals surface area contributed by atoms with Crippen LogP contribution in [0.4, 0.5) is 0 Å². The molecular weight excluding hydrogens is 344 g/mol. The topological polar surface area (TPSA) is 86.9 Å². The van der Waals surface area contributed by atoms with E-state index in [4.69, 9.17) is 0 Å². The number of nitrogens with zero attached hydrogens (tertiary/aromatic N) is 1. The number of carbonyl (C=O) groups is 1. The Balaban J connectivity index is 1.64. The highest BCUT2D eigenvalue weighted by Gasteiger charge is 2.19. The Morgan fingerprint density at radius 3 is 3.00 bits per heavy atom. The number of amides is 1. The largest absolute Gasteiger partial charge is 0.354 e.